The van der Waals surface area contributed by atoms with Crippen LogP contribution in [0.5, 0.6) is 0 Å². The van der Waals surface area contributed by atoms with Crippen molar-refractivity contribution in [2.75, 3.05) is 11.6 Å². The molecule has 1 saturated carbocycles. The van der Waals surface area contributed by atoms with Crippen molar-refractivity contribution in [2.24, 2.45) is 7.05 Å². The number of anilines is 1. The molecule has 0 spiro atoms. The minimum atomic E-state index is -3.23. The van der Waals surface area contributed by atoms with E-state index in [2.05, 4.69) is 10.4 Å². The van der Waals surface area contributed by atoms with Crippen molar-refractivity contribution in [2.45, 2.75) is 43.0 Å². The van der Waals surface area contributed by atoms with Gasteiger partial charge in [-0.1, -0.05) is 19.3 Å². The average molecular weight is 333 g/mol. The number of sulfone groups is 1. The SMILES string of the molecule is Cn1cc(-c2cc(S(C)(=O)=O)ccc2NC2CCCCC2)cn1. The van der Waals surface area contributed by atoms with Gasteiger partial charge in [0.1, 0.15) is 0 Å². The van der Waals surface area contributed by atoms with E-state index < -0.39 is 9.84 Å². The minimum absolute atomic E-state index is 0.338. The summed E-state index contributed by atoms with van der Waals surface area (Å²) in [6.07, 6.45) is 11.1. The molecule has 0 atom stereocenters. The molecule has 1 aromatic heterocycles. The van der Waals surface area contributed by atoms with Crippen molar-refractivity contribution in [1.82, 2.24) is 9.78 Å². The lowest BCUT2D eigenvalue weighted by Crippen LogP contribution is -2.22. The van der Waals surface area contributed by atoms with Crippen molar-refractivity contribution in [1.29, 1.82) is 0 Å². The summed E-state index contributed by atoms with van der Waals surface area (Å²) in [4.78, 5) is 0.338. The molecule has 124 valence electrons. The Labute approximate surface area is 137 Å². The number of aromatic nitrogens is 2. The van der Waals surface area contributed by atoms with E-state index in [1.807, 2.05) is 19.3 Å². The topological polar surface area (TPSA) is 64.0 Å². The van der Waals surface area contributed by atoms with Crippen LogP contribution in [0.1, 0.15) is 32.1 Å². The van der Waals surface area contributed by atoms with Gasteiger partial charge in [0.25, 0.3) is 0 Å². The molecule has 0 radical (unpaired) electrons. The van der Waals surface area contributed by atoms with Gasteiger partial charge in [-0.2, -0.15) is 5.10 Å². The van der Waals surface area contributed by atoms with Crippen molar-refractivity contribution < 1.29 is 8.42 Å². The molecule has 1 aromatic carbocycles. The normalized spacial score (nSPS) is 16.4. The molecular formula is C17H23N3O2S. The van der Waals surface area contributed by atoms with Crippen LogP contribution < -0.4 is 5.32 Å². The van der Waals surface area contributed by atoms with Crippen molar-refractivity contribution in [3.05, 3.63) is 30.6 Å². The highest BCUT2D eigenvalue weighted by molar-refractivity contribution is 7.90. The Morgan fingerprint density at radius 1 is 1.22 bits per heavy atom. The molecule has 0 amide bonds. The third-order valence-electron chi connectivity index (χ3n) is 4.40. The molecule has 0 aliphatic heterocycles. The molecule has 1 aliphatic carbocycles. The lowest BCUT2D eigenvalue weighted by Gasteiger charge is -2.25. The first-order chi connectivity index (χ1) is 10.9. The second kappa shape index (κ2) is 6.35. The second-order valence-electron chi connectivity index (χ2n) is 6.36. The lowest BCUT2D eigenvalue weighted by atomic mass is 9.94. The fourth-order valence-electron chi connectivity index (χ4n) is 3.15. The maximum absolute atomic E-state index is 11.9. The maximum Gasteiger partial charge on any atom is 0.175 e. The maximum atomic E-state index is 11.9. The summed E-state index contributed by atoms with van der Waals surface area (Å²) in [5.41, 5.74) is 2.81. The van der Waals surface area contributed by atoms with Crippen LogP contribution in [0.4, 0.5) is 5.69 Å². The zero-order chi connectivity index (χ0) is 16.4. The largest absolute Gasteiger partial charge is 0.382 e. The van der Waals surface area contributed by atoms with Gasteiger partial charge in [-0.05, 0) is 31.0 Å². The molecule has 1 heterocycles. The molecule has 0 unspecified atom stereocenters. The average Bonchev–Trinajstić information content (AvgIpc) is 2.94. The van der Waals surface area contributed by atoms with Gasteiger partial charge in [0, 0.05) is 42.4 Å². The van der Waals surface area contributed by atoms with Gasteiger partial charge in [0.05, 0.1) is 11.1 Å². The van der Waals surface area contributed by atoms with Crippen LogP contribution in [-0.2, 0) is 16.9 Å². The molecule has 1 aliphatic rings. The Morgan fingerprint density at radius 2 is 1.96 bits per heavy atom. The minimum Gasteiger partial charge on any atom is -0.382 e. The molecule has 23 heavy (non-hydrogen) atoms. The predicted octanol–water partition coefficient (Wildman–Crippen LogP) is 3.24. The van der Waals surface area contributed by atoms with Crippen molar-refractivity contribution in [3.63, 3.8) is 0 Å². The summed E-state index contributed by atoms with van der Waals surface area (Å²) in [6, 6.07) is 5.77. The molecule has 6 heteroatoms. The Balaban J connectivity index is 2.00. The smallest absolute Gasteiger partial charge is 0.175 e. The summed E-state index contributed by atoms with van der Waals surface area (Å²) < 4.78 is 25.5. The van der Waals surface area contributed by atoms with Crippen LogP contribution in [0.15, 0.2) is 35.5 Å². The molecule has 2 aromatic rings. The Bertz CT molecular complexity index is 790. The first kappa shape index (κ1) is 16.1. The zero-order valence-electron chi connectivity index (χ0n) is 13.6. The fourth-order valence-corrected chi connectivity index (χ4v) is 3.79. The third-order valence-corrected chi connectivity index (χ3v) is 5.51. The van der Waals surface area contributed by atoms with Crippen molar-refractivity contribution in [3.8, 4) is 11.1 Å². The number of aryl methyl sites for hydroxylation is 1. The standard InChI is InChI=1S/C17H23N3O2S/c1-20-12-13(11-18-20)16-10-15(23(2,21)22)8-9-17(16)19-14-6-4-3-5-7-14/h8-12,14,19H,3-7H2,1-2H3. The van der Waals surface area contributed by atoms with Crippen LogP contribution in [0.2, 0.25) is 0 Å². The monoisotopic (exact) mass is 333 g/mol. The zero-order valence-corrected chi connectivity index (χ0v) is 14.4. The van der Waals surface area contributed by atoms with Gasteiger partial charge in [0.15, 0.2) is 9.84 Å². The van der Waals surface area contributed by atoms with E-state index in [4.69, 9.17) is 0 Å². The Kier molecular flexibility index (Phi) is 4.43. The fraction of sp³-hybridized carbons (Fsp3) is 0.471. The molecular weight excluding hydrogens is 310 g/mol. The van der Waals surface area contributed by atoms with E-state index in [0.717, 1.165) is 16.8 Å². The number of hydrogen-bond donors (Lipinski definition) is 1. The first-order valence-electron chi connectivity index (χ1n) is 8.03. The highest BCUT2D eigenvalue weighted by Gasteiger charge is 2.17. The van der Waals surface area contributed by atoms with E-state index >= 15 is 0 Å². The van der Waals surface area contributed by atoms with Gasteiger partial charge in [-0.25, -0.2) is 8.42 Å². The second-order valence-corrected chi connectivity index (χ2v) is 8.38. The van der Waals surface area contributed by atoms with E-state index in [1.54, 1.807) is 23.0 Å². The van der Waals surface area contributed by atoms with Crippen LogP contribution in [0.3, 0.4) is 0 Å². The highest BCUT2D eigenvalue weighted by atomic mass is 32.2. The van der Waals surface area contributed by atoms with E-state index in [-0.39, 0.29) is 0 Å². The molecule has 1 N–H and O–H groups in total. The van der Waals surface area contributed by atoms with Gasteiger partial charge < -0.3 is 5.32 Å². The summed E-state index contributed by atoms with van der Waals surface area (Å²) >= 11 is 0. The van der Waals surface area contributed by atoms with Crippen LogP contribution in [0.25, 0.3) is 11.1 Å². The summed E-state index contributed by atoms with van der Waals surface area (Å²) in [6.45, 7) is 0. The predicted molar refractivity (Wildman–Crippen MR) is 92.2 cm³/mol. The van der Waals surface area contributed by atoms with E-state index in [9.17, 15) is 8.42 Å². The lowest BCUT2D eigenvalue weighted by molar-refractivity contribution is 0.463. The van der Waals surface area contributed by atoms with Gasteiger partial charge in [0.2, 0.25) is 0 Å². The van der Waals surface area contributed by atoms with Gasteiger partial charge in [-0.15, -0.1) is 0 Å². The quantitative estimate of drug-likeness (QED) is 0.933. The molecule has 5 nitrogen and oxygen atoms in total. The molecule has 0 saturated heterocycles. The summed E-state index contributed by atoms with van der Waals surface area (Å²) in [7, 11) is -1.37. The number of nitrogens with zero attached hydrogens (tertiary/aromatic N) is 2. The van der Waals surface area contributed by atoms with Gasteiger partial charge >= 0.3 is 0 Å². The van der Waals surface area contributed by atoms with Crippen LogP contribution >= 0.6 is 0 Å². The third kappa shape index (κ3) is 3.75. The van der Waals surface area contributed by atoms with Gasteiger partial charge in [-0.3, -0.25) is 4.68 Å². The van der Waals surface area contributed by atoms with Crippen LogP contribution in [-0.4, -0.2) is 30.5 Å². The summed E-state index contributed by atoms with van der Waals surface area (Å²) in [5.74, 6) is 0. The summed E-state index contributed by atoms with van der Waals surface area (Å²) in [5, 5.41) is 7.82. The molecule has 3 rings (SSSR count). The van der Waals surface area contributed by atoms with Crippen LogP contribution in [0, 0.1) is 0 Å². The number of hydrogen-bond acceptors (Lipinski definition) is 4. The number of benzene rings is 1. The van der Waals surface area contributed by atoms with E-state index in [1.165, 1.54) is 38.4 Å². The molecule has 0 bridgehead atoms. The number of nitrogens with one attached hydrogen (secondary N) is 1. The Hall–Kier alpha value is -1.82. The molecule has 1 fully saturated rings. The first-order valence-corrected chi connectivity index (χ1v) is 9.92. The Morgan fingerprint density at radius 3 is 2.57 bits per heavy atom. The van der Waals surface area contributed by atoms with E-state index in [0.29, 0.717) is 10.9 Å². The van der Waals surface area contributed by atoms with Crippen molar-refractivity contribution >= 4 is 15.5 Å². The number of rotatable bonds is 4. The highest BCUT2D eigenvalue weighted by Crippen LogP contribution is 2.32.